The first kappa shape index (κ1) is 21.4. The lowest BCUT2D eigenvalue weighted by Gasteiger charge is -2.61. The second kappa shape index (κ2) is 7.41. The van der Waals surface area contributed by atoms with Crippen LogP contribution in [0.3, 0.4) is 0 Å². The van der Waals surface area contributed by atoms with E-state index >= 15 is 0 Å². The molecule has 2 aromatic carbocycles. The zero-order valence-electron chi connectivity index (χ0n) is 19.0. The van der Waals surface area contributed by atoms with E-state index in [1.807, 2.05) is 0 Å². The van der Waals surface area contributed by atoms with Gasteiger partial charge in [0.1, 0.15) is 11.9 Å². The molecule has 2 heterocycles. The third-order valence-electron chi connectivity index (χ3n) is 8.34. The van der Waals surface area contributed by atoms with Gasteiger partial charge in [-0.2, -0.15) is 0 Å². The summed E-state index contributed by atoms with van der Waals surface area (Å²) in [5, 5.41) is 38.0. The van der Waals surface area contributed by atoms with Gasteiger partial charge >= 0.3 is 0 Å². The minimum atomic E-state index is -0.479. The fourth-order valence-corrected chi connectivity index (χ4v) is 6.96. The number of hydrogen-bond donors (Lipinski definition) is 3. The summed E-state index contributed by atoms with van der Waals surface area (Å²) in [5.74, 6) is 0.954. The topological polar surface area (TPSA) is 124 Å². The van der Waals surface area contributed by atoms with Crippen molar-refractivity contribution >= 4 is 5.91 Å². The van der Waals surface area contributed by atoms with Gasteiger partial charge in [-0.25, -0.2) is 0 Å². The predicted molar refractivity (Wildman–Crippen MR) is 122 cm³/mol. The molecule has 6 rings (SSSR count). The molecule has 0 unspecified atom stereocenters. The first-order chi connectivity index (χ1) is 16.4. The van der Waals surface area contributed by atoms with Crippen molar-refractivity contribution < 1.29 is 29.2 Å². The maximum absolute atomic E-state index is 13.2. The Morgan fingerprint density at radius 2 is 2.00 bits per heavy atom. The van der Waals surface area contributed by atoms with Crippen molar-refractivity contribution in [3.05, 3.63) is 46.2 Å². The van der Waals surface area contributed by atoms with Gasteiger partial charge in [-0.3, -0.25) is 4.79 Å². The molecule has 1 spiro atoms. The third-order valence-corrected chi connectivity index (χ3v) is 8.34. The Labute approximate surface area is 196 Å². The van der Waals surface area contributed by atoms with Crippen LogP contribution in [0.4, 0.5) is 0 Å². The molecule has 2 fully saturated rings. The van der Waals surface area contributed by atoms with Gasteiger partial charge in [0.25, 0.3) is 5.91 Å². The SMILES string of the molecule is COc1ccc(C(=O)N[C@H]2CC[C@H]3[C@H]4Cc5c(O)c(O)cc6c5[C@@]3(CCN4[O-])[C@H]2O6)cc1OC. The summed E-state index contributed by atoms with van der Waals surface area (Å²) < 4.78 is 17.0. The van der Waals surface area contributed by atoms with E-state index in [1.54, 1.807) is 25.3 Å². The van der Waals surface area contributed by atoms with Crippen LogP contribution in [0.2, 0.25) is 0 Å². The number of carbonyl (C=O) groups excluding carboxylic acids is 1. The number of phenolic OH excluding ortho intramolecular Hbond substituents is 2. The Balaban J connectivity index is 1.37. The molecule has 5 atom stereocenters. The Bertz CT molecular complexity index is 1180. The van der Waals surface area contributed by atoms with Crippen LogP contribution in [-0.2, 0) is 11.8 Å². The molecule has 1 saturated heterocycles. The highest BCUT2D eigenvalue weighted by Crippen LogP contribution is 2.64. The highest BCUT2D eigenvalue weighted by Gasteiger charge is 2.65. The van der Waals surface area contributed by atoms with Crippen LogP contribution in [0.25, 0.3) is 0 Å². The molecule has 9 heteroatoms. The number of nitrogens with one attached hydrogen (secondary N) is 1. The van der Waals surface area contributed by atoms with E-state index in [9.17, 15) is 20.2 Å². The van der Waals surface area contributed by atoms with Crippen molar-refractivity contribution in [2.75, 3.05) is 20.8 Å². The number of carbonyl (C=O) groups is 1. The minimum absolute atomic E-state index is 0.0654. The van der Waals surface area contributed by atoms with Crippen molar-refractivity contribution in [1.82, 2.24) is 10.4 Å². The highest BCUT2D eigenvalue weighted by atomic mass is 16.5. The van der Waals surface area contributed by atoms with Gasteiger partial charge in [0.2, 0.25) is 0 Å². The van der Waals surface area contributed by atoms with Crippen LogP contribution in [0.1, 0.15) is 40.7 Å². The molecular weight excluding hydrogens is 440 g/mol. The van der Waals surface area contributed by atoms with Crippen molar-refractivity contribution in [1.29, 1.82) is 0 Å². The largest absolute Gasteiger partial charge is 0.785 e. The summed E-state index contributed by atoms with van der Waals surface area (Å²) >= 11 is 0. The summed E-state index contributed by atoms with van der Waals surface area (Å²) in [6.07, 6.45) is 2.01. The molecule has 180 valence electrons. The standard InChI is InChI=1S/C25H27N2O7/c1-32-18-6-3-12(9-19(18)33-2)24(30)26-15-5-4-14-16-10-13-21-20(11-17(28)22(13)29)34-23(15)25(14,21)7-8-27(16)31/h3,6,9,11,14-16,23,28-29H,4-5,7-8,10H2,1-2H3,(H,26,30)/q-1/t14-,15-,16+,23-,25-/m0/s1. The van der Waals surface area contributed by atoms with Crippen LogP contribution >= 0.6 is 0 Å². The second-order valence-corrected chi connectivity index (χ2v) is 9.67. The van der Waals surface area contributed by atoms with Crippen LogP contribution in [0, 0.1) is 11.1 Å². The van der Waals surface area contributed by atoms with Gasteiger partial charge < -0.3 is 40.0 Å². The molecule has 1 saturated carbocycles. The summed E-state index contributed by atoms with van der Waals surface area (Å²) in [6, 6.07) is 5.91. The molecule has 2 bridgehead atoms. The molecule has 2 aromatic rings. The molecule has 4 aliphatic rings. The zero-order chi connectivity index (χ0) is 23.8. The number of hydrogen-bond acceptors (Lipinski definition) is 8. The first-order valence-electron chi connectivity index (χ1n) is 11.6. The van der Waals surface area contributed by atoms with Crippen molar-refractivity contribution in [2.24, 2.45) is 5.92 Å². The molecule has 9 nitrogen and oxygen atoms in total. The number of phenols is 2. The first-order valence-corrected chi connectivity index (χ1v) is 11.6. The summed E-state index contributed by atoms with van der Waals surface area (Å²) in [6.45, 7) is 0.373. The quantitative estimate of drug-likeness (QED) is 0.586. The van der Waals surface area contributed by atoms with E-state index in [4.69, 9.17) is 14.2 Å². The molecule has 2 aliphatic carbocycles. The Morgan fingerprint density at radius 3 is 2.76 bits per heavy atom. The van der Waals surface area contributed by atoms with Gasteiger partial charge in [0, 0.05) is 34.2 Å². The molecule has 0 radical (unpaired) electrons. The number of ether oxygens (including phenoxy) is 3. The van der Waals surface area contributed by atoms with Crippen LogP contribution < -0.4 is 19.5 Å². The summed E-state index contributed by atoms with van der Waals surface area (Å²) in [4.78, 5) is 13.2. The number of nitrogens with zero attached hydrogens (tertiary/aromatic N) is 1. The van der Waals surface area contributed by atoms with Gasteiger partial charge in [0.05, 0.1) is 20.3 Å². The van der Waals surface area contributed by atoms with Crippen molar-refractivity contribution in [3.63, 3.8) is 0 Å². The number of rotatable bonds is 4. The molecule has 3 N–H and O–H groups in total. The normalized spacial score (nSPS) is 30.8. The number of benzene rings is 2. The average Bonchev–Trinajstić information content (AvgIpc) is 3.17. The lowest BCUT2D eigenvalue weighted by molar-refractivity contribution is -0.0497. The molecule has 0 aromatic heterocycles. The number of aromatic hydroxyl groups is 2. The number of methoxy groups -OCH3 is 2. The summed E-state index contributed by atoms with van der Waals surface area (Å²) in [5.41, 5.74) is 1.48. The third kappa shape index (κ3) is 2.71. The van der Waals surface area contributed by atoms with E-state index in [-0.39, 0.29) is 41.5 Å². The molecule has 1 amide bonds. The van der Waals surface area contributed by atoms with Gasteiger partial charge in [0.15, 0.2) is 23.0 Å². The molecule has 2 aliphatic heterocycles. The van der Waals surface area contributed by atoms with E-state index in [0.717, 1.165) is 17.0 Å². The van der Waals surface area contributed by atoms with E-state index in [1.165, 1.54) is 13.2 Å². The minimum Gasteiger partial charge on any atom is -0.785 e. The lowest BCUT2D eigenvalue weighted by Crippen LogP contribution is -2.68. The van der Waals surface area contributed by atoms with Crippen LogP contribution in [-0.4, -0.2) is 60.1 Å². The number of amides is 1. The van der Waals surface area contributed by atoms with Gasteiger partial charge in [-0.15, -0.1) is 0 Å². The maximum atomic E-state index is 13.2. The van der Waals surface area contributed by atoms with E-state index in [2.05, 4.69) is 5.32 Å². The van der Waals surface area contributed by atoms with Crippen molar-refractivity contribution in [3.8, 4) is 28.7 Å². The van der Waals surface area contributed by atoms with Crippen LogP contribution in [0.5, 0.6) is 28.7 Å². The summed E-state index contributed by atoms with van der Waals surface area (Å²) in [7, 11) is 3.06. The second-order valence-electron chi connectivity index (χ2n) is 9.67. The highest BCUT2D eigenvalue weighted by molar-refractivity contribution is 5.95. The van der Waals surface area contributed by atoms with Gasteiger partial charge in [-0.05, 0) is 56.3 Å². The fourth-order valence-electron chi connectivity index (χ4n) is 6.96. The predicted octanol–water partition coefficient (Wildman–Crippen LogP) is 2.45. The monoisotopic (exact) mass is 467 g/mol. The smallest absolute Gasteiger partial charge is 0.251 e. The van der Waals surface area contributed by atoms with Crippen molar-refractivity contribution in [2.45, 2.75) is 49.3 Å². The maximum Gasteiger partial charge on any atom is 0.251 e. The van der Waals surface area contributed by atoms with Crippen LogP contribution in [0.15, 0.2) is 24.3 Å². The van der Waals surface area contributed by atoms with E-state index in [0.29, 0.717) is 54.2 Å². The Hall–Kier alpha value is -3.17. The molecule has 34 heavy (non-hydrogen) atoms. The Kier molecular flexibility index (Phi) is 4.66. The number of hydroxylamine groups is 2. The van der Waals surface area contributed by atoms with Gasteiger partial charge in [-0.1, -0.05) is 0 Å². The number of piperidine rings is 1. The fraction of sp³-hybridized carbons (Fsp3) is 0.480. The average molecular weight is 467 g/mol. The lowest BCUT2D eigenvalue weighted by atomic mass is 9.51. The molecular formula is C25H27N2O7-. The Morgan fingerprint density at radius 1 is 1.21 bits per heavy atom. The van der Waals surface area contributed by atoms with E-state index < -0.39 is 5.41 Å². The zero-order valence-corrected chi connectivity index (χ0v) is 19.0.